The number of likely N-dealkylation sites (N-methyl/N-ethyl adjacent to an activating group) is 1. The van der Waals surface area contributed by atoms with Crippen molar-refractivity contribution < 1.29 is 9.72 Å². The van der Waals surface area contributed by atoms with Crippen molar-refractivity contribution in [2.75, 3.05) is 13.1 Å². The summed E-state index contributed by atoms with van der Waals surface area (Å²) in [6.45, 7) is 5.13. The van der Waals surface area contributed by atoms with Crippen molar-refractivity contribution in [2.24, 2.45) is 0 Å². The predicted octanol–water partition coefficient (Wildman–Crippen LogP) is 2.54. The molecule has 0 bridgehead atoms. The fraction of sp³-hybridized carbons (Fsp3) is 0.364. The molecule has 0 unspecified atom stereocenters. The Hall–Kier alpha value is -1.69. The first-order chi connectivity index (χ1) is 8.08. The molecule has 6 heteroatoms. The Morgan fingerprint density at radius 3 is 2.59 bits per heavy atom. The summed E-state index contributed by atoms with van der Waals surface area (Å²) in [6, 6.07) is 3.07. The van der Waals surface area contributed by atoms with Gasteiger partial charge in [-0.3, -0.25) is 14.9 Å². The highest BCUT2D eigenvalue weighted by molar-refractivity contribution is 7.16. The van der Waals surface area contributed by atoms with Crippen LogP contribution in [0.15, 0.2) is 18.2 Å². The van der Waals surface area contributed by atoms with E-state index in [0.717, 1.165) is 11.3 Å². The minimum Gasteiger partial charge on any atom is -0.340 e. The summed E-state index contributed by atoms with van der Waals surface area (Å²) >= 11 is 1.05. The van der Waals surface area contributed by atoms with E-state index in [2.05, 4.69) is 0 Å². The molecule has 0 aliphatic heterocycles. The topological polar surface area (TPSA) is 63.5 Å². The van der Waals surface area contributed by atoms with Crippen LogP contribution >= 0.6 is 11.3 Å². The maximum absolute atomic E-state index is 11.6. The van der Waals surface area contributed by atoms with Crippen molar-refractivity contribution in [3.8, 4) is 0 Å². The molecule has 0 saturated carbocycles. The molecule has 0 saturated heterocycles. The minimum atomic E-state index is -0.436. The summed E-state index contributed by atoms with van der Waals surface area (Å²) in [5.41, 5.74) is 0. The second-order valence-corrected chi connectivity index (χ2v) is 4.37. The van der Waals surface area contributed by atoms with Gasteiger partial charge < -0.3 is 4.90 Å². The van der Waals surface area contributed by atoms with E-state index in [1.807, 2.05) is 13.8 Å². The van der Waals surface area contributed by atoms with Gasteiger partial charge in [-0.15, -0.1) is 0 Å². The van der Waals surface area contributed by atoms with Crippen molar-refractivity contribution in [1.82, 2.24) is 4.90 Å². The van der Waals surface area contributed by atoms with Gasteiger partial charge in [-0.05, 0) is 26.0 Å². The third-order valence-corrected chi connectivity index (χ3v) is 3.26. The van der Waals surface area contributed by atoms with Crippen molar-refractivity contribution in [1.29, 1.82) is 0 Å². The third-order valence-electron chi connectivity index (χ3n) is 2.26. The summed E-state index contributed by atoms with van der Waals surface area (Å²) in [6.07, 6.45) is 3.06. The number of hydrogen-bond donors (Lipinski definition) is 0. The van der Waals surface area contributed by atoms with Crippen LogP contribution in [0.1, 0.15) is 18.7 Å². The highest BCUT2D eigenvalue weighted by Gasteiger charge is 2.09. The second-order valence-electron chi connectivity index (χ2n) is 3.28. The maximum atomic E-state index is 11.6. The number of nitro groups is 1. The van der Waals surface area contributed by atoms with E-state index >= 15 is 0 Å². The summed E-state index contributed by atoms with van der Waals surface area (Å²) in [4.78, 5) is 24.0. The molecular weight excluding hydrogens is 240 g/mol. The largest absolute Gasteiger partial charge is 0.340 e. The van der Waals surface area contributed by atoms with Gasteiger partial charge in [-0.25, -0.2) is 0 Å². The molecule has 1 aromatic heterocycles. The molecule has 0 fully saturated rings. The zero-order chi connectivity index (χ0) is 12.8. The minimum absolute atomic E-state index is 0.0777. The number of rotatable bonds is 5. The molecule has 5 nitrogen and oxygen atoms in total. The number of nitrogens with zero attached hydrogens (tertiary/aromatic N) is 2. The van der Waals surface area contributed by atoms with Gasteiger partial charge in [-0.2, -0.15) is 0 Å². The van der Waals surface area contributed by atoms with Crippen LogP contribution in [0.5, 0.6) is 0 Å². The Kier molecular flexibility index (Phi) is 4.84. The van der Waals surface area contributed by atoms with Crippen LogP contribution in [-0.2, 0) is 4.79 Å². The average Bonchev–Trinajstić information content (AvgIpc) is 2.76. The maximum Gasteiger partial charge on any atom is 0.324 e. The van der Waals surface area contributed by atoms with E-state index in [1.165, 1.54) is 12.1 Å². The molecular formula is C11H14N2O3S. The van der Waals surface area contributed by atoms with Crippen LogP contribution < -0.4 is 0 Å². The Morgan fingerprint density at radius 2 is 2.12 bits per heavy atom. The van der Waals surface area contributed by atoms with Crippen molar-refractivity contribution >= 4 is 28.3 Å². The standard InChI is InChI=1S/C11H14N2O3S/c1-3-12(4-2)10(14)7-5-9-6-8-11(17-9)13(15)16/h5-8H,3-4H2,1-2H3. The highest BCUT2D eigenvalue weighted by atomic mass is 32.1. The van der Waals surface area contributed by atoms with Gasteiger partial charge >= 0.3 is 5.00 Å². The molecule has 0 N–H and O–H groups in total. The Morgan fingerprint density at radius 1 is 1.47 bits per heavy atom. The predicted molar refractivity (Wildman–Crippen MR) is 67.9 cm³/mol. The molecule has 1 rings (SSSR count). The van der Waals surface area contributed by atoms with E-state index in [4.69, 9.17) is 0 Å². The molecule has 0 atom stereocenters. The van der Waals surface area contributed by atoms with Gasteiger partial charge in [-0.1, -0.05) is 11.3 Å². The van der Waals surface area contributed by atoms with Gasteiger partial charge in [0, 0.05) is 30.1 Å². The lowest BCUT2D eigenvalue weighted by Gasteiger charge is -2.15. The Labute approximate surface area is 104 Å². The zero-order valence-corrected chi connectivity index (χ0v) is 10.6. The first kappa shape index (κ1) is 13.4. The molecule has 0 radical (unpaired) electrons. The monoisotopic (exact) mass is 254 g/mol. The van der Waals surface area contributed by atoms with Gasteiger partial charge in [0.2, 0.25) is 5.91 Å². The van der Waals surface area contributed by atoms with Crippen molar-refractivity contribution in [3.05, 3.63) is 33.2 Å². The molecule has 92 valence electrons. The molecule has 0 spiro atoms. The fourth-order valence-corrected chi connectivity index (χ4v) is 2.05. The zero-order valence-electron chi connectivity index (χ0n) is 9.75. The van der Waals surface area contributed by atoms with Crippen LogP contribution in [0.3, 0.4) is 0 Å². The second kappa shape index (κ2) is 6.15. The van der Waals surface area contributed by atoms with Crippen molar-refractivity contribution in [2.45, 2.75) is 13.8 Å². The van der Waals surface area contributed by atoms with Gasteiger partial charge in [0.25, 0.3) is 0 Å². The summed E-state index contributed by atoms with van der Waals surface area (Å²) < 4.78 is 0. The number of carbonyl (C=O) groups is 1. The van der Waals surface area contributed by atoms with Gasteiger partial charge in [0.05, 0.1) is 4.92 Å². The van der Waals surface area contributed by atoms with Gasteiger partial charge in [0.1, 0.15) is 0 Å². The lowest BCUT2D eigenvalue weighted by Crippen LogP contribution is -2.28. The van der Waals surface area contributed by atoms with E-state index in [-0.39, 0.29) is 10.9 Å². The van der Waals surface area contributed by atoms with E-state index in [9.17, 15) is 14.9 Å². The Balaban J connectivity index is 2.69. The highest BCUT2D eigenvalue weighted by Crippen LogP contribution is 2.24. The normalized spacial score (nSPS) is 10.7. The number of thiophene rings is 1. The summed E-state index contributed by atoms with van der Waals surface area (Å²) in [7, 11) is 0. The van der Waals surface area contributed by atoms with E-state index in [0.29, 0.717) is 18.0 Å². The number of carbonyl (C=O) groups excluding carboxylic acids is 1. The first-order valence-corrected chi connectivity index (χ1v) is 6.11. The van der Waals surface area contributed by atoms with Crippen LogP contribution in [0.4, 0.5) is 5.00 Å². The fourth-order valence-electron chi connectivity index (χ4n) is 1.32. The summed E-state index contributed by atoms with van der Waals surface area (Å²) in [5.74, 6) is -0.0777. The quantitative estimate of drug-likeness (QED) is 0.461. The summed E-state index contributed by atoms with van der Waals surface area (Å²) in [5, 5.41) is 10.6. The average molecular weight is 254 g/mol. The molecule has 0 aromatic carbocycles. The molecule has 17 heavy (non-hydrogen) atoms. The number of hydrogen-bond acceptors (Lipinski definition) is 4. The molecule has 0 aliphatic rings. The van der Waals surface area contributed by atoms with Crippen molar-refractivity contribution in [3.63, 3.8) is 0 Å². The molecule has 0 aliphatic carbocycles. The Bertz CT molecular complexity index is 436. The molecule has 1 amide bonds. The number of amides is 1. The smallest absolute Gasteiger partial charge is 0.324 e. The van der Waals surface area contributed by atoms with Crippen LogP contribution in [0.25, 0.3) is 6.08 Å². The van der Waals surface area contributed by atoms with E-state index < -0.39 is 4.92 Å². The SMILES string of the molecule is CCN(CC)C(=O)C=Cc1ccc([N+](=O)[O-])s1. The van der Waals surface area contributed by atoms with Crippen LogP contribution in [0.2, 0.25) is 0 Å². The van der Waals surface area contributed by atoms with Crippen LogP contribution in [0, 0.1) is 10.1 Å². The third kappa shape index (κ3) is 3.67. The van der Waals surface area contributed by atoms with E-state index in [1.54, 1.807) is 17.0 Å². The lowest BCUT2D eigenvalue weighted by molar-refractivity contribution is -0.380. The van der Waals surface area contributed by atoms with Gasteiger partial charge in [0.15, 0.2) is 0 Å². The molecule has 1 heterocycles. The first-order valence-electron chi connectivity index (χ1n) is 5.29. The van der Waals surface area contributed by atoms with Crippen LogP contribution in [-0.4, -0.2) is 28.8 Å². The lowest BCUT2D eigenvalue weighted by atomic mass is 10.3. The molecule has 1 aromatic rings.